The third-order valence-corrected chi connectivity index (χ3v) is 2.91. The number of hydrogen-bond donors (Lipinski definition) is 1. The van der Waals surface area contributed by atoms with Gasteiger partial charge in [0.05, 0.1) is 13.0 Å². The molecule has 1 rings (SSSR count). The number of allylic oxidation sites excluding steroid dienone is 1. The van der Waals surface area contributed by atoms with E-state index in [1.54, 1.807) is 7.11 Å². The molecular formula is C15H20O3. The van der Waals surface area contributed by atoms with Gasteiger partial charge in [0.25, 0.3) is 0 Å². The molecule has 0 saturated heterocycles. The fourth-order valence-corrected chi connectivity index (χ4v) is 1.78. The summed E-state index contributed by atoms with van der Waals surface area (Å²) in [6, 6.07) is 7.53. The molecule has 0 aromatic heterocycles. The normalized spacial score (nSPS) is 11.9. The van der Waals surface area contributed by atoms with E-state index in [-0.39, 0.29) is 5.92 Å². The summed E-state index contributed by atoms with van der Waals surface area (Å²) >= 11 is 0. The van der Waals surface area contributed by atoms with Crippen molar-refractivity contribution in [2.75, 3.05) is 7.11 Å². The Balaban J connectivity index is 2.64. The van der Waals surface area contributed by atoms with Crippen molar-refractivity contribution in [3.05, 3.63) is 42.0 Å². The Bertz CT molecular complexity index is 406. The molecule has 0 spiro atoms. The second-order valence-corrected chi connectivity index (χ2v) is 4.58. The number of methoxy groups -OCH3 is 1. The van der Waals surface area contributed by atoms with Crippen LogP contribution < -0.4 is 4.74 Å². The van der Waals surface area contributed by atoms with Gasteiger partial charge in [0, 0.05) is 0 Å². The van der Waals surface area contributed by atoms with Crippen LogP contribution in [0.5, 0.6) is 5.75 Å². The summed E-state index contributed by atoms with van der Waals surface area (Å²) < 4.78 is 5.07. The third kappa shape index (κ3) is 4.62. The minimum absolute atomic E-state index is 0.352. The zero-order valence-electron chi connectivity index (χ0n) is 11.0. The largest absolute Gasteiger partial charge is 0.497 e. The molecule has 0 aliphatic carbocycles. The highest BCUT2D eigenvalue weighted by Gasteiger charge is 2.17. The molecule has 1 unspecified atom stereocenters. The van der Waals surface area contributed by atoms with Gasteiger partial charge in [-0.1, -0.05) is 17.7 Å². The van der Waals surface area contributed by atoms with Gasteiger partial charge >= 0.3 is 5.97 Å². The molecule has 0 aliphatic rings. The minimum Gasteiger partial charge on any atom is -0.497 e. The van der Waals surface area contributed by atoms with Gasteiger partial charge in [-0.05, 0) is 43.9 Å². The average Bonchev–Trinajstić information content (AvgIpc) is 2.34. The number of carboxylic acids is 1. The molecule has 1 N–H and O–H groups in total. The van der Waals surface area contributed by atoms with E-state index in [1.165, 1.54) is 0 Å². The van der Waals surface area contributed by atoms with Crippen molar-refractivity contribution in [1.82, 2.24) is 0 Å². The van der Waals surface area contributed by atoms with Crippen LogP contribution in [0.3, 0.4) is 0 Å². The Morgan fingerprint density at radius 1 is 1.39 bits per heavy atom. The fourth-order valence-electron chi connectivity index (χ4n) is 1.78. The molecule has 1 atom stereocenters. The Hall–Kier alpha value is -1.77. The number of rotatable bonds is 7. The van der Waals surface area contributed by atoms with Crippen LogP contribution in [0.4, 0.5) is 0 Å². The molecule has 1 aromatic carbocycles. The first-order valence-electron chi connectivity index (χ1n) is 6.03. The molecule has 0 bridgehead atoms. The molecule has 0 fully saturated rings. The van der Waals surface area contributed by atoms with Gasteiger partial charge in [-0.3, -0.25) is 4.79 Å². The number of carbonyl (C=O) groups is 1. The second kappa shape index (κ2) is 6.84. The summed E-state index contributed by atoms with van der Waals surface area (Å²) in [6.45, 7) is 5.73. The van der Waals surface area contributed by atoms with E-state index in [0.29, 0.717) is 12.8 Å². The van der Waals surface area contributed by atoms with Crippen LogP contribution in [0, 0.1) is 5.92 Å². The van der Waals surface area contributed by atoms with E-state index in [1.807, 2.05) is 31.2 Å². The molecule has 3 nitrogen and oxygen atoms in total. The van der Waals surface area contributed by atoms with Gasteiger partial charge in [-0.25, -0.2) is 0 Å². The van der Waals surface area contributed by atoms with E-state index >= 15 is 0 Å². The van der Waals surface area contributed by atoms with Crippen LogP contribution in [0.15, 0.2) is 36.4 Å². The van der Waals surface area contributed by atoms with Crippen molar-refractivity contribution in [3.63, 3.8) is 0 Å². The molecule has 0 amide bonds. The first-order chi connectivity index (χ1) is 8.52. The summed E-state index contributed by atoms with van der Waals surface area (Å²) in [7, 11) is 1.61. The Morgan fingerprint density at radius 3 is 2.44 bits per heavy atom. The summed E-state index contributed by atoms with van der Waals surface area (Å²) in [5.74, 6) is -0.310. The first-order valence-corrected chi connectivity index (χ1v) is 6.03. The van der Waals surface area contributed by atoms with Crippen molar-refractivity contribution >= 4 is 5.97 Å². The lowest BCUT2D eigenvalue weighted by Crippen LogP contribution is -2.16. The van der Waals surface area contributed by atoms with E-state index in [4.69, 9.17) is 4.74 Å². The van der Waals surface area contributed by atoms with Gasteiger partial charge in [0.1, 0.15) is 5.75 Å². The standard InChI is InChI=1S/C15H20O3/c1-11(2)4-7-13(15(16)17)10-12-5-8-14(18-3)9-6-12/h5-6,8-9,13H,1,4,7,10H2,2-3H3,(H,16,17). The molecular weight excluding hydrogens is 228 g/mol. The zero-order chi connectivity index (χ0) is 13.5. The maximum atomic E-state index is 11.2. The molecule has 1 aromatic rings. The summed E-state index contributed by atoms with van der Waals surface area (Å²) in [6.07, 6.45) is 1.94. The van der Waals surface area contributed by atoms with Crippen LogP contribution in [-0.4, -0.2) is 18.2 Å². The molecule has 0 heterocycles. The molecule has 18 heavy (non-hydrogen) atoms. The monoisotopic (exact) mass is 248 g/mol. The maximum Gasteiger partial charge on any atom is 0.306 e. The van der Waals surface area contributed by atoms with Crippen LogP contribution in [-0.2, 0) is 11.2 Å². The Labute approximate surface area is 108 Å². The van der Waals surface area contributed by atoms with Gasteiger partial charge < -0.3 is 9.84 Å². The average molecular weight is 248 g/mol. The number of carboxylic acid groups (broad SMARTS) is 1. The van der Waals surface area contributed by atoms with Gasteiger partial charge in [0.15, 0.2) is 0 Å². The highest BCUT2D eigenvalue weighted by Crippen LogP contribution is 2.19. The van der Waals surface area contributed by atoms with Crippen molar-refractivity contribution in [1.29, 1.82) is 0 Å². The number of ether oxygens (including phenoxy) is 1. The SMILES string of the molecule is C=C(C)CCC(Cc1ccc(OC)cc1)C(=O)O. The van der Waals surface area contributed by atoms with E-state index < -0.39 is 5.97 Å². The van der Waals surface area contributed by atoms with Crippen LogP contribution >= 0.6 is 0 Å². The summed E-state index contributed by atoms with van der Waals surface area (Å²) in [4.78, 5) is 11.2. The topological polar surface area (TPSA) is 46.5 Å². The van der Waals surface area contributed by atoms with Crippen molar-refractivity contribution < 1.29 is 14.6 Å². The van der Waals surface area contributed by atoms with Gasteiger partial charge in [0.2, 0.25) is 0 Å². The molecule has 0 saturated carbocycles. The van der Waals surface area contributed by atoms with Gasteiger partial charge in [-0.2, -0.15) is 0 Å². The lowest BCUT2D eigenvalue weighted by molar-refractivity contribution is -0.141. The van der Waals surface area contributed by atoms with Crippen molar-refractivity contribution in [2.45, 2.75) is 26.2 Å². The third-order valence-electron chi connectivity index (χ3n) is 2.91. The lowest BCUT2D eigenvalue weighted by Gasteiger charge is -2.12. The Morgan fingerprint density at radius 2 is 2.00 bits per heavy atom. The van der Waals surface area contributed by atoms with Gasteiger partial charge in [-0.15, -0.1) is 6.58 Å². The minimum atomic E-state index is -0.743. The molecule has 0 aliphatic heterocycles. The molecule has 98 valence electrons. The number of benzene rings is 1. The summed E-state index contributed by atoms with van der Waals surface area (Å²) in [5.41, 5.74) is 2.04. The van der Waals surface area contributed by atoms with Crippen LogP contribution in [0.2, 0.25) is 0 Å². The predicted octanol–water partition coefficient (Wildman–Crippen LogP) is 3.29. The maximum absolute atomic E-state index is 11.2. The van der Waals surface area contributed by atoms with Crippen LogP contribution in [0.25, 0.3) is 0 Å². The number of aliphatic carboxylic acids is 1. The zero-order valence-corrected chi connectivity index (χ0v) is 11.0. The molecule has 0 radical (unpaired) electrons. The van der Waals surface area contributed by atoms with Crippen LogP contribution in [0.1, 0.15) is 25.3 Å². The van der Waals surface area contributed by atoms with Crippen molar-refractivity contribution in [3.8, 4) is 5.75 Å². The molecule has 3 heteroatoms. The van der Waals surface area contributed by atoms with E-state index in [0.717, 1.165) is 23.3 Å². The van der Waals surface area contributed by atoms with E-state index in [2.05, 4.69) is 6.58 Å². The first kappa shape index (κ1) is 14.3. The second-order valence-electron chi connectivity index (χ2n) is 4.58. The summed E-state index contributed by atoms with van der Waals surface area (Å²) in [5, 5.41) is 9.19. The smallest absolute Gasteiger partial charge is 0.306 e. The highest BCUT2D eigenvalue weighted by atomic mass is 16.5. The lowest BCUT2D eigenvalue weighted by atomic mass is 9.93. The number of hydrogen-bond acceptors (Lipinski definition) is 2. The fraction of sp³-hybridized carbons (Fsp3) is 0.400. The van der Waals surface area contributed by atoms with Crippen molar-refractivity contribution in [2.24, 2.45) is 5.92 Å². The van der Waals surface area contributed by atoms with E-state index in [9.17, 15) is 9.90 Å². The predicted molar refractivity (Wildman–Crippen MR) is 71.9 cm³/mol. The Kier molecular flexibility index (Phi) is 5.43. The highest BCUT2D eigenvalue weighted by molar-refractivity contribution is 5.70. The quantitative estimate of drug-likeness (QED) is 0.753.